The maximum absolute atomic E-state index is 12.6. The predicted molar refractivity (Wildman–Crippen MR) is 126 cm³/mol. The normalized spacial score (nSPS) is 14.1. The average molecular weight is 458 g/mol. The van der Waals surface area contributed by atoms with Crippen molar-refractivity contribution in [1.82, 2.24) is 10.2 Å². The van der Waals surface area contributed by atoms with Gasteiger partial charge in [0, 0.05) is 26.1 Å². The molecule has 1 saturated heterocycles. The smallest absolute Gasteiger partial charge is 0.241 e. The Morgan fingerprint density at radius 1 is 1.12 bits per heavy atom. The Labute approximate surface area is 190 Å². The highest BCUT2D eigenvalue weighted by molar-refractivity contribution is 7.92. The van der Waals surface area contributed by atoms with Crippen LogP contribution >= 0.6 is 0 Å². The zero-order valence-corrected chi connectivity index (χ0v) is 19.7. The van der Waals surface area contributed by atoms with Crippen LogP contribution in [-0.2, 0) is 32.7 Å². The summed E-state index contributed by atoms with van der Waals surface area (Å²) < 4.78 is 25.7. The average Bonchev–Trinajstić information content (AvgIpc) is 3.14. The Bertz CT molecular complexity index is 1060. The Morgan fingerprint density at radius 3 is 2.41 bits per heavy atom. The Hall–Kier alpha value is -2.87. The minimum absolute atomic E-state index is 0.172. The van der Waals surface area contributed by atoms with Crippen LogP contribution < -0.4 is 9.62 Å². The van der Waals surface area contributed by atoms with Gasteiger partial charge in [-0.3, -0.25) is 13.9 Å². The molecule has 0 saturated carbocycles. The molecule has 0 aromatic heterocycles. The maximum Gasteiger partial charge on any atom is 0.241 e. The van der Waals surface area contributed by atoms with Crippen LogP contribution in [0.5, 0.6) is 0 Å². The van der Waals surface area contributed by atoms with Crippen LogP contribution in [0.1, 0.15) is 49.3 Å². The Morgan fingerprint density at radius 2 is 1.81 bits per heavy atom. The highest BCUT2D eigenvalue weighted by Gasteiger charge is 2.22. The van der Waals surface area contributed by atoms with Gasteiger partial charge in [0.05, 0.1) is 11.9 Å². The van der Waals surface area contributed by atoms with E-state index in [1.54, 1.807) is 12.1 Å². The van der Waals surface area contributed by atoms with E-state index in [2.05, 4.69) is 19.2 Å². The van der Waals surface area contributed by atoms with Crippen molar-refractivity contribution in [3.63, 3.8) is 0 Å². The molecular weight excluding hydrogens is 426 g/mol. The number of sulfonamides is 1. The van der Waals surface area contributed by atoms with Crippen molar-refractivity contribution in [2.75, 3.05) is 23.7 Å². The molecule has 2 aromatic carbocycles. The minimum atomic E-state index is -3.62. The molecule has 2 aromatic rings. The van der Waals surface area contributed by atoms with Crippen molar-refractivity contribution in [2.45, 2.75) is 45.7 Å². The van der Waals surface area contributed by atoms with Crippen molar-refractivity contribution in [1.29, 1.82) is 0 Å². The van der Waals surface area contributed by atoms with E-state index in [1.807, 2.05) is 41.3 Å². The van der Waals surface area contributed by atoms with Gasteiger partial charge in [-0.1, -0.05) is 50.2 Å². The molecule has 0 unspecified atom stereocenters. The summed E-state index contributed by atoms with van der Waals surface area (Å²) in [5, 5.41) is 2.80. The van der Waals surface area contributed by atoms with Crippen LogP contribution in [0, 0.1) is 0 Å². The molecule has 0 spiro atoms. The summed E-state index contributed by atoms with van der Waals surface area (Å²) in [4.78, 5) is 26.2. The van der Waals surface area contributed by atoms with Crippen LogP contribution in [0.3, 0.4) is 0 Å². The highest BCUT2D eigenvalue weighted by atomic mass is 32.2. The summed E-state index contributed by atoms with van der Waals surface area (Å²) in [6.45, 7) is 5.46. The second kappa shape index (κ2) is 10.2. The molecule has 0 aliphatic carbocycles. The molecule has 2 amide bonds. The number of nitrogens with one attached hydrogen (secondary N) is 1. The molecular formula is C24H31N3O4S. The lowest BCUT2D eigenvalue weighted by Gasteiger charge is -2.22. The second-order valence-corrected chi connectivity index (χ2v) is 10.4. The number of benzene rings is 2. The zero-order valence-electron chi connectivity index (χ0n) is 18.9. The first-order valence-corrected chi connectivity index (χ1v) is 12.7. The molecule has 1 fully saturated rings. The van der Waals surface area contributed by atoms with E-state index in [0.717, 1.165) is 40.2 Å². The van der Waals surface area contributed by atoms with Crippen molar-refractivity contribution >= 4 is 27.5 Å². The number of likely N-dealkylation sites (tertiary alicyclic amines) is 1. The third kappa shape index (κ3) is 6.32. The first kappa shape index (κ1) is 23.8. The van der Waals surface area contributed by atoms with Gasteiger partial charge in [0.15, 0.2) is 0 Å². The molecule has 172 valence electrons. The lowest BCUT2D eigenvalue weighted by atomic mass is 10.0. The fraction of sp³-hybridized carbons (Fsp3) is 0.417. The van der Waals surface area contributed by atoms with Gasteiger partial charge in [-0.25, -0.2) is 8.42 Å². The van der Waals surface area contributed by atoms with Gasteiger partial charge in [-0.2, -0.15) is 0 Å². The number of anilines is 1. The molecule has 0 bridgehead atoms. The van der Waals surface area contributed by atoms with Gasteiger partial charge in [0.2, 0.25) is 21.8 Å². The summed E-state index contributed by atoms with van der Waals surface area (Å²) in [6.07, 6.45) is 2.60. The lowest BCUT2D eigenvalue weighted by Crippen LogP contribution is -2.40. The number of amides is 2. The van der Waals surface area contributed by atoms with Gasteiger partial charge in [0.25, 0.3) is 0 Å². The molecule has 32 heavy (non-hydrogen) atoms. The van der Waals surface area contributed by atoms with Crippen LogP contribution in [-0.4, -0.2) is 44.5 Å². The van der Waals surface area contributed by atoms with Crippen LogP contribution in [0.15, 0.2) is 48.5 Å². The van der Waals surface area contributed by atoms with E-state index in [1.165, 1.54) is 0 Å². The fourth-order valence-electron chi connectivity index (χ4n) is 3.74. The van der Waals surface area contributed by atoms with Crippen molar-refractivity contribution in [3.8, 4) is 0 Å². The number of hydrogen-bond donors (Lipinski definition) is 1. The van der Waals surface area contributed by atoms with Crippen LogP contribution in [0.4, 0.5) is 5.69 Å². The van der Waals surface area contributed by atoms with Crippen molar-refractivity contribution in [2.24, 2.45) is 0 Å². The van der Waals surface area contributed by atoms with Gasteiger partial charge in [0.1, 0.15) is 6.54 Å². The summed E-state index contributed by atoms with van der Waals surface area (Å²) in [7, 11) is -3.62. The number of nitrogens with zero attached hydrogens (tertiary/aromatic N) is 2. The lowest BCUT2D eigenvalue weighted by molar-refractivity contribution is -0.128. The van der Waals surface area contributed by atoms with Gasteiger partial charge >= 0.3 is 0 Å². The van der Waals surface area contributed by atoms with Crippen LogP contribution in [0.2, 0.25) is 0 Å². The summed E-state index contributed by atoms with van der Waals surface area (Å²) in [5.41, 5.74) is 3.47. The zero-order chi connectivity index (χ0) is 23.3. The maximum atomic E-state index is 12.6. The third-order valence-corrected chi connectivity index (χ3v) is 6.70. The van der Waals surface area contributed by atoms with Gasteiger partial charge in [-0.15, -0.1) is 0 Å². The molecule has 0 radical (unpaired) electrons. The Kier molecular flexibility index (Phi) is 7.56. The highest BCUT2D eigenvalue weighted by Crippen LogP contribution is 2.22. The molecule has 1 heterocycles. The molecule has 1 aliphatic heterocycles. The van der Waals surface area contributed by atoms with E-state index in [-0.39, 0.29) is 24.9 Å². The molecule has 1 N–H and O–H groups in total. The second-order valence-electron chi connectivity index (χ2n) is 8.53. The van der Waals surface area contributed by atoms with E-state index >= 15 is 0 Å². The largest absolute Gasteiger partial charge is 0.350 e. The molecule has 8 heteroatoms. The van der Waals surface area contributed by atoms with E-state index in [9.17, 15) is 18.0 Å². The van der Waals surface area contributed by atoms with Gasteiger partial charge in [-0.05, 0) is 41.2 Å². The molecule has 0 atom stereocenters. The van der Waals surface area contributed by atoms with Crippen LogP contribution in [0.25, 0.3) is 0 Å². The summed E-state index contributed by atoms with van der Waals surface area (Å²) in [6, 6.07) is 14.9. The third-order valence-electron chi connectivity index (χ3n) is 5.56. The number of carbonyl (C=O) groups excluding carboxylic acids is 2. The SMILES string of the molecule is CC(C)c1ccc(N(CC(=O)NCc2cccc(CN3CCCC3=O)c2)S(C)(=O)=O)cc1. The first-order chi connectivity index (χ1) is 15.1. The standard InChI is InChI=1S/C24H31N3O4S/c1-18(2)21-9-11-22(12-10-21)27(32(3,30)31)17-23(28)25-15-19-6-4-7-20(14-19)16-26-13-5-8-24(26)29/h4,6-7,9-12,14,18H,5,8,13,15-17H2,1-3H3,(H,25,28). The van der Waals surface area contributed by atoms with Gasteiger partial charge < -0.3 is 10.2 Å². The summed E-state index contributed by atoms with van der Waals surface area (Å²) in [5.74, 6) is 0.118. The molecule has 1 aliphatic rings. The minimum Gasteiger partial charge on any atom is -0.350 e. The molecule has 3 rings (SSSR count). The van der Waals surface area contributed by atoms with E-state index in [4.69, 9.17) is 0 Å². The monoisotopic (exact) mass is 457 g/mol. The van der Waals surface area contributed by atoms with Crippen molar-refractivity contribution in [3.05, 3.63) is 65.2 Å². The number of carbonyl (C=O) groups is 2. The summed E-state index contributed by atoms with van der Waals surface area (Å²) >= 11 is 0. The topological polar surface area (TPSA) is 86.8 Å². The number of hydrogen-bond acceptors (Lipinski definition) is 4. The molecule has 7 nitrogen and oxygen atoms in total. The Balaban J connectivity index is 1.62. The first-order valence-electron chi connectivity index (χ1n) is 10.8. The fourth-order valence-corrected chi connectivity index (χ4v) is 4.60. The predicted octanol–water partition coefficient (Wildman–Crippen LogP) is 3.01. The number of rotatable bonds is 9. The quantitative estimate of drug-likeness (QED) is 0.627. The van der Waals surface area contributed by atoms with Crippen molar-refractivity contribution < 1.29 is 18.0 Å². The van der Waals surface area contributed by atoms with E-state index in [0.29, 0.717) is 24.6 Å². The van der Waals surface area contributed by atoms with E-state index < -0.39 is 10.0 Å².